The SMILES string of the molecule is COC(=O)C1C(C)=NC(C)=C(C(=O)n2ccnc2)C1c1cccc2nonc12. The van der Waals surface area contributed by atoms with Gasteiger partial charge in [-0.15, -0.1) is 0 Å². The number of esters is 1. The van der Waals surface area contributed by atoms with E-state index in [1.807, 2.05) is 0 Å². The number of nitrogens with zero attached hydrogens (tertiary/aromatic N) is 5. The summed E-state index contributed by atoms with van der Waals surface area (Å²) in [6.45, 7) is 3.49. The van der Waals surface area contributed by atoms with Crippen LogP contribution in [0.5, 0.6) is 0 Å². The van der Waals surface area contributed by atoms with Crippen LogP contribution in [-0.2, 0) is 9.53 Å². The average molecular weight is 379 g/mol. The highest BCUT2D eigenvalue weighted by Crippen LogP contribution is 2.42. The number of allylic oxidation sites excluding steroid dienone is 2. The maximum Gasteiger partial charge on any atom is 0.315 e. The van der Waals surface area contributed by atoms with Gasteiger partial charge in [0.2, 0.25) is 0 Å². The zero-order valence-corrected chi connectivity index (χ0v) is 15.5. The number of carbonyl (C=O) groups is 2. The molecule has 0 saturated carbocycles. The van der Waals surface area contributed by atoms with E-state index < -0.39 is 17.8 Å². The predicted octanol–water partition coefficient (Wildman–Crippen LogP) is 2.38. The first-order chi connectivity index (χ1) is 13.5. The number of ether oxygens (including phenoxy) is 1. The first-order valence-electron chi connectivity index (χ1n) is 8.60. The summed E-state index contributed by atoms with van der Waals surface area (Å²) in [6.07, 6.45) is 4.48. The molecule has 2 unspecified atom stereocenters. The fraction of sp³-hybridized carbons (Fsp3) is 0.263. The summed E-state index contributed by atoms with van der Waals surface area (Å²) in [4.78, 5) is 34.4. The Bertz CT molecular complexity index is 1130. The number of benzene rings is 1. The zero-order valence-electron chi connectivity index (χ0n) is 15.5. The lowest BCUT2D eigenvalue weighted by molar-refractivity contribution is -0.143. The van der Waals surface area contributed by atoms with E-state index in [0.717, 1.165) is 0 Å². The van der Waals surface area contributed by atoms with Crippen LogP contribution in [0.2, 0.25) is 0 Å². The van der Waals surface area contributed by atoms with Crippen LogP contribution in [0.1, 0.15) is 30.1 Å². The highest BCUT2D eigenvalue weighted by Gasteiger charge is 2.43. The summed E-state index contributed by atoms with van der Waals surface area (Å²) in [7, 11) is 1.31. The smallest absolute Gasteiger partial charge is 0.315 e. The molecule has 3 aromatic rings. The van der Waals surface area contributed by atoms with Gasteiger partial charge in [-0.25, -0.2) is 9.61 Å². The van der Waals surface area contributed by atoms with Crippen molar-refractivity contribution in [2.24, 2.45) is 10.9 Å². The largest absolute Gasteiger partial charge is 0.468 e. The molecule has 9 nitrogen and oxygen atoms in total. The van der Waals surface area contributed by atoms with Crippen LogP contribution in [-0.4, -0.2) is 44.6 Å². The number of hydrogen-bond donors (Lipinski definition) is 0. The monoisotopic (exact) mass is 379 g/mol. The summed E-state index contributed by atoms with van der Waals surface area (Å²) in [6, 6.07) is 5.34. The highest BCUT2D eigenvalue weighted by molar-refractivity contribution is 6.09. The Balaban J connectivity index is 1.98. The molecular formula is C19H17N5O4. The maximum atomic E-state index is 13.3. The van der Waals surface area contributed by atoms with E-state index in [1.165, 1.54) is 24.2 Å². The lowest BCUT2D eigenvalue weighted by atomic mass is 9.75. The van der Waals surface area contributed by atoms with Gasteiger partial charge in [-0.2, -0.15) is 0 Å². The van der Waals surface area contributed by atoms with Gasteiger partial charge < -0.3 is 4.74 Å². The maximum absolute atomic E-state index is 13.3. The number of imidazole rings is 1. The van der Waals surface area contributed by atoms with Gasteiger partial charge in [0, 0.05) is 35.3 Å². The van der Waals surface area contributed by atoms with Gasteiger partial charge in [0.15, 0.2) is 0 Å². The Morgan fingerprint density at radius 1 is 1.21 bits per heavy atom. The van der Waals surface area contributed by atoms with Crippen molar-refractivity contribution in [2.75, 3.05) is 7.11 Å². The van der Waals surface area contributed by atoms with Crippen molar-refractivity contribution in [3.05, 3.63) is 53.8 Å². The molecule has 0 bridgehead atoms. The van der Waals surface area contributed by atoms with Crippen LogP contribution in [0.15, 0.2) is 57.8 Å². The third-order valence-electron chi connectivity index (χ3n) is 4.90. The number of carbonyl (C=O) groups excluding carboxylic acids is 2. The summed E-state index contributed by atoms with van der Waals surface area (Å²) in [5, 5.41) is 7.86. The predicted molar refractivity (Wildman–Crippen MR) is 98.7 cm³/mol. The fourth-order valence-electron chi connectivity index (χ4n) is 3.68. The Morgan fingerprint density at radius 2 is 2.04 bits per heavy atom. The van der Waals surface area contributed by atoms with Gasteiger partial charge in [0.25, 0.3) is 5.91 Å². The molecule has 0 N–H and O–H groups in total. The Hall–Kier alpha value is -3.62. The first kappa shape index (κ1) is 17.8. The van der Waals surface area contributed by atoms with Gasteiger partial charge in [0.1, 0.15) is 23.3 Å². The van der Waals surface area contributed by atoms with Gasteiger partial charge in [-0.3, -0.25) is 19.1 Å². The average Bonchev–Trinajstić information content (AvgIpc) is 3.37. The first-order valence-corrected chi connectivity index (χ1v) is 8.60. The van der Waals surface area contributed by atoms with Crippen molar-refractivity contribution in [3.63, 3.8) is 0 Å². The molecule has 0 saturated heterocycles. The molecule has 0 amide bonds. The van der Waals surface area contributed by atoms with Gasteiger partial charge >= 0.3 is 5.97 Å². The summed E-state index contributed by atoms with van der Waals surface area (Å²) in [5.74, 6) is -2.24. The van der Waals surface area contributed by atoms with E-state index in [9.17, 15) is 9.59 Å². The van der Waals surface area contributed by atoms with E-state index in [2.05, 4.69) is 20.3 Å². The molecule has 0 aliphatic carbocycles. The van der Waals surface area contributed by atoms with Crippen LogP contribution in [0.3, 0.4) is 0 Å². The third kappa shape index (κ3) is 2.72. The summed E-state index contributed by atoms with van der Waals surface area (Å²) < 4.78 is 11.3. The van der Waals surface area contributed by atoms with Crippen LogP contribution >= 0.6 is 0 Å². The van der Waals surface area contributed by atoms with Crippen molar-refractivity contribution in [2.45, 2.75) is 19.8 Å². The van der Waals surface area contributed by atoms with E-state index in [1.54, 1.807) is 38.2 Å². The minimum atomic E-state index is -0.779. The Labute approximate surface area is 159 Å². The molecule has 4 rings (SSSR count). The molecule has 2 atom stereocenters. The second-order valence-electron chi connectivity index (χ2n) is 6.49. The van der Waals surface area contributed by atoms with Crippen LogP contribution in [0.4, 0.5) is 0 Å². The lowest BCUT2D eigenvalue weighted by Gasteiger charge is -2.31. The zero-order chi connectivity index (χ0) is 19.8. The highest BCUT2D eigenvalue weighted by atomic mass is 16.6. The van der Waals surface area contributed by atoms with E-state index >= 15 is 0 Å². The number of aromatic nitrogens is 4. The summed E-state index contributed by atoms with van der Waals surface area (Å²) >= 11 is 0. The van der Waals surface area contributed by atoms with Crippen molar-refractivity contribution in [1.82, 2.24) is 19.9 Å². The standard InChI is InChI=1S/C19H17N5O4/c1-10-14(18(25)24-8-7-20-9-24)16(15(11(2)21-10)19(26)27-3)12-5-4-6-13-17(12)23-28-22-13/h4-9,15-16H,1-3H3. The fourth-order valence-corrected chi connectivity index (χ4v) is 3.68. The minimum Gasteiger partial charge on any atom is -0.468 e. The molecule has 1 aromatic carbocycles. The van der Waals surface area contributed by atoms with Gasteiger partial charge in [-0.05, 0) is 35.8 Å². The third-order valence-corrected chi connectivity index (χ3v) is 4.90. The van der Waals surface area contributed by atoms with Crippen molar-refractivity contribution >= 4 is 28.6 Å². The molecule has 28 heavy (non-hydrogen) atoms. The minimum absolute atomic E-state index is 0.321. The van der Waals surface area contributed by atoms with E-state index in [-0.39, 0.29) is 5.91 Å². The topological polar surface area (TPSA) is 112 Å². The van der Waals surface area contributed by atoms with Crippen molar-refractivity contribution in [1.29, 1.82) is 0 Å². The number of aliphatic imine (C=N–C) groups is 1. The molecule has 1 aliphatic heterocycles. The lowest BCUT2D eigenvalue weighted by Crippen LogP contribution is -2.36. The molecule has 0 radical (unpaired) electrons. The second-order valence-corrected chi connectivity index (χ2v) is 6.49. The number of rotatable bonds is 3. The summed E-state index contributed by atoms with van der Waals surface area (Å²) in [5.41, 5.74) is 3.12. The normalized spacial score (nSPS) is 19.6. The molecule has 0 fully saturated rings. The van der Waals surface area contributed by atoms with E-state index in [0.29, 0.717) is 33.6 Å². The number of hydrogen-bond acceptors (Lipinski definition) is 8. The second kappa shape index (κ2) is 6.84. The molecule has 142 valence electrons. The van der Waals surface area contributed by atoms with Crippen molar-refractivity contribution in [3.8, 4) is 0 Å². The van der Waals surface area contributed by atoms with Gasteiger partial charge in [-0.1, -0.05) is 12.1 Å². The number of fused-ring (bicyclic) bond motifs is 1. The quantitative estimate of drug-likeness (QED) is 0.642. The molecular weight excluding hydrogens is 362 g/mol. The molecule has 3 heterocycles. The molecule has 1 aliphatic rings. The molecule has 2 aromatic heterocycles. The van der Waals surface area contributed by atoms with Crippen LogP contribution in [0.25, 0.3) is 11.0 Å². The van der Waals surface area contributed by atoms with Crippen LogP contribution in [0, 0.1) is 5.92 Å². The van der Waals surface area contributed by atoms with E-state index in [4.69, 9.17) is 9.37 Å². The molecule has 9 heteroatoms. The van der Waals surface area contributed by atoms with Crippen molar-refractivity contribution < 1.29 is 19.0 Å². The molecule has 0 spiro atoms. The van der Waals surface area contributed by atoms with Crippen LogP contribution < -0.4 is 0 Å². The Morgan fingerprint density at radius 3 is 2.75 bits per heavy atom. The Kier molecular flexibility index (Phi) is 4.34. The van der Waals surface area contributed by atoms with Gasteiger partial charge in [0.05, 0.1) is 7.11 Å². The number of methoxy groups -OCH3 is 1.